The van der Waals surface area contributed by atoms with Gasteiger partial charge >= 0.3 is 0 Å². The minimum absolute atomic E-state index is 0.0313. The molecule has 3 aromatic rings. The van der Waals surface area contributed by atoms with Gasteiger partial charge in [0.2, 0.25) is 5.76 Å². The molecule has 4 rings (SSSR count). The topological polar surface area (TPSA) is 63.0 Å². The molecule has 1 aliphatic rings. The third-order valence-electron chi connectivity index (χ3n) is 5.58. The van der Waals surface area contributed by atoms with Crippen LogP contribution in [0, 0.1) is 5.82 Å². The Labute approximate surface area is 186 Å². The Morgan fingerprint density at radius 3 is 2.72 bits per heavy atom. The SMILES string of the molecule is CCCOc1cccc(C2c3c(oc4ccc(F)cc4c3=O)C(=O)N2CCCN(C)C)c1. The molecule has 0 fully saturated rings. The lowest BCUT2D eigenvalue weighted by Crippen LogP contribution is -2.32. The number of carbonyl (C=O) groups is 1. The van der Waals surface area contributed by atoms with Gasteiger partial charge in [0.15, 0.2) is 5.43 Å². The Bertz CT molecular complexity index is 1200. The molecule has 2 heterocycles. The molecule has 1 unspecified atom stereocenters. The van der Waals surface area contributed by atoms with Crippen molar-refractivity contribution in [3.8, 4) is 5.75 Å². The average Bonchev–Trinajstić information content (AvgIpc) is 3.05. The Hall–Kier alpha value is -3.19. The molecule has 0 bridgehead atoms. The molecule has 6 nitrogen and oxygen atoms in total. The highest BCUT2D eigenvalue weighted by Gasteiger charge is 2.42. The van der Waals surface area contributed by atoms with Crippen molar-refractivity contribution in [2.24, 2.45) is 0 Å². The van der Waals surface area contributed by atoms with Crippen molar-refractivity contribution >= 4 is 16.9 Å². The first-order valence-corrected chi connectivity index (χ1v) is 10.9. The molecule has 1 aliphatic heterocycles. The Morgan fingerprint density at radius 1 is 1.16 bits per heavy atom. The van der Waals surface area contributed by atoms with E-state index in [1.165, 1.54) is 18.2 Å². The zero-order valence-corrected chi connectivity index (χ0v) is 18.6. The fraction of sp³-hybridized carbons (Fsp3) is 0.360. The van der Waals surface area contributed by atoms with Gasteiger partial charge in [-0.25, -0.2) is 4.39 Å². The van der Waals surface area contributed by atoms with Crippen molar-refractivity contribution in [2.75, 3.05) is 33.8 Å². The van der Waals surface area contributed by atoms with Gasteiger partial charge in [-0.05, 0) is 69.4 Å². The monoisotopic (exact) mass is 438 g/mol. The van der Waals surface area contributed by atoms with Gasteiger partial charge in [0, 0.05) is 6.54 Å². The van der Waals surface area contributed by atoms with Gasteiger partial charge in [-0.15, -0.1) is 0 Å². The lowest BCUT2D eigenvalue weighted by molar-refractivity contribution is 0.0722. The number of hydrogen-bond donors (Lipinski definition) is 0. The number of carbonyl (C=O) groups excluding carboxylic acids is 1. The number of amides is 1. The van der Waals surface area contributed by atoms with Gasteiger partial charge in [-0.2, -0.15) is 0 Å². The van der Waals surface area contributed by atoms with Crippen LogP contribution in [0.1, 0.15) is 47.5 Å². The molecule has 0 saturated heterocycles. The largest absolute Gasteiger partial charge is 0.494 e. The Balaban J connectivity index is 1.84. The molecular formula is C25H27FN2O4. The number of hydrogen-bond acceptors (Lipinski definition) is 5. The van der Waals surface area contributed by atoms with Crippen molar-refractivity contribution < 1.29 is 18.3 Å². The standard InChI is InChI=1S/C25H27FN2O4/c1-4-13-31-18-8-5-7-16(14-18)22-21-23(29)19-15-17(26)9-10-20(19)32-24(21)25(30)28(22)12-6-11-27(2)3/h5,7-10,14-15,22H,4,6,11-13H2,1-3H3. The molecule has 2 aromatic carbocycles. The molecule has 32 heavy (non-hydrogen) atoms. The van der Waals surface area contributed by atoms with E-state index in [9.17, 15) is 14.0 Å². The highest BCUT2D eigenvalue weighted by atomic mass is 19.1. The first-order valence-electron chi connectivity index (χ1n) is 10.9. The molecule has 0 spiro atoms. The summed E-state index contributed by atoms with van der Waals surface area (Å²) in [6, 6.07) is 10.6. The van der Waals surface area contributed by atoms with Crippen molar-refractivity contribution in [1.82, 2.24) is 9.80 Å². The molecule has 0 saturated carbocycles. The van der Waals surface area contributed by atoms with Crippen LogP contribution < -0.4 is 10.2 Å². The first kappa shape index (κ1) is 22.0. The van der Waals surface area contributed by atoms with Gasteiger partial charge in [0.05, 0.1) is 23.6 Å². The van der Waals surface area contributed by atoms with Crippen LogP contribution >= 0.6 is 0 Å². The van der Waals surface area contributed by atoms with Gasteiger partial charge in [0.25, 0.3) is 5.91 Å². The third kappa shape index (κ3) is 4.12. The van der Waals surface area contributed by atoms with Crippen LogP contribution in [-0.4, -0.2) is 49.5 Å². The maximum absolute atomic E-state index is 13.9. The van der Waals surface area contributed by atoms with Crippen LogP contribution in [0.3, 0.4) is 0 Å². The van der Waals surface area contributed by atoms with Gasteiger partial charge in [-0.3, -0.25) is 9.59 Å². The number of nitrogens with zero attached hydrogens (tertiary/aromatic N) is 2. The van der Waals surface area contributed by atoms with E-state index in [1.807, 2.05) is 50.2 Å². The zero-order valence-electron chi connectivity index (χ0n) is 18.6. The predicted molar refractivity (Wildman–Crippen MR) is 121 cm³/mol. The van der Waals surface area contributed by atoms with Crippen LogP contribution in [0.4, 0.5) is 4.39 Å². The molecule has 0 radical (unpaired) electrons. The summed E-state index contributed by atoms with van der Waals surface area (Å²) in [4.78, 5) is 30.5. The summed E-state index contributed by atoms with van der Waals surface area (Å²) in [5.41, 5.74) is 0.843. The summed E-state index contributed by atoms with van der Waals surface area (Å²) in [7, 11) is 3.94. The number of ether oxygens (including phenoxy) is 1. The summed E-state index contributed by atoms with van der Waals surface area (Å²) in [6.07, 6.45) is 1.60. The molecular weight excluding hydrogens is 411 g/mol. The second kappa shape index (κ2) is 9.12. The van der Waals surface area contributed by atoms with E-state index in [-0.39, 0.29) is 33.6 Å². The van der Waals surface area contributed by atoms with E-state index < -0.39 is 11.9 Å². The Kier molecular flexibility index (Phi) is 6.28. The average molecular weight is 438 g/mol. The predicted octanol–water partition coefficient (Wildman–Crippen LogP) is 4.22. The molecule has 1 amide bonds. The smallest absolute Gasteiger partial charge is 0.290 e. The number of fused-ring (bicyclic) bond motifs is 2. The summed E-state index contributed by atoms with van der Waals surface area (Å²) in [6.45, 7) is 3.84. The van der Waals surface area contributed by atoms with Gasteiger partial charge in [-0.1, -0.05) is 19.1 Å². The molecule has 0 N–H and O–H groups in total. The normalized spacial score (nSPS) is 15.6. The molecule has 0 aliphatic carbocycles. The summed E-state index contributed by atoms with van der Waals surface area (Å²) < 4.78 is 25.5. The quantitative estimate of drug-likeness (QED) is 0.527. The third-order valence-corrected chi connectivity index (χ3v) is 5.58. The minimum Gasteiger partial charge on any atom is -0.494 e. The minimum atomic E-state index is -0.617. The molecule has 1 aromatic heterocycles. The van der Waals surface area contributed by atoms with Crippen LogP contribution in [0.15, 0.2) is 51.7 Å². The van der Waals surface area contributed by atoms with Crippen LogP contribution in [0.2, 0.25) is 0 Å². The fourth-order valence-electron chi connectivity index (χ4n) is 4.12. The lowest BCUT2D eigenvalue weighted by Gasteiger charge is -2.26. The summed E-state index contributed by atoms with van der Waals surface area (Å²) >= 11 is 0. The van der Waals surface area contributed by atoms with E-state index >= 15 is 0 Å². The molecule has 168 valence electrons. The maximum atomic E-state index is 13.9. The van der Waals surface area contributed by atoms with Crippen molar-refractivity contribution in [3.05, 3.63) is 75.4 Å². The zero-order chi connectivity index (χ0) is 22.8. The van der Waals surface area contributed by atoms with E-state index in [4.69, 9.17) is 9.15 Å². The summed E-state index contributed by atoms with van der Waals surface area (Å²) in [5.74, 6) is -0.145. The first-order chi connectivity index (χ1) is 15.4. The van der Waals surface area contributed by atoms with E-state index in [2.05, 4.69) is 0 Å². The molecule has 7 heteroatoms. The molecule has 1 atom stereocenters. The van der Waals surface area contributed by atoms with Crippen LogP contribution in [-0.2, 0) is 0 Å². The van der Waals surface area contributed by atoms with E-state index in [0.29, 0.717) is 18.9 Å². The second-order valence-electron chi connectivity index (χ2n) is 8.29. The number of rotatable bonds is 8. The summed E-state index contributed by atoms with van der Waals surface area (Å²) in [5, 5.41) is 0.134. The van der Waals surface area contributed by atoms with Crippen molar-refractivity contribution in [1.29, 1.82) is 0 Å². The van der Waals surface area contributed by atoms with Crippen LogP contribution in [0.25, 0.3) is 11.0 Å². The van der Waals surface area contributed by atoms with E-state index in [1.54, 1.807) is 4.90 Å². The highest BCUT2D eigenvalue weighted by molar-refractivity contribution is 5.99. The number of benzene rings is 2. The van der Waals surface area contributed by atoms with Crippen molar-refractivity contribution in [3.63, 3.8) is 0 Å². The lowest BCUT2D eigenvalue weighted by atomic mass is 9.98. The second-order valence-corrected chi connectivity index (χ2v) is 8.29. The van der Waals surface area contributed by atoms with Crippen molar-refractivity contribution in [2.45, 2.75) is 25.8 Å². The van der Waals surface area contributed by atoms with E-state index in [0.717, 1.165) is 24.9 Å². The maximum Gasteiger partial charge on any atom is 0.290 e. The highest BCUT2D eigenvalue weighted by Crippen LogP contribution is 2.39. The fourth-order valence-corrected chi connectivity index (χ4v) is 4.12. The Morgan fingerprint density at radius 2 is 1.97 bits per heavy atom. The van der Waals surface area contributed by atoms with Gasteiger partial charge in [0.1, 0.15) is 17.1 Å². The number of halogens is 1. The van der Waals surface area contributed by atoms with Gasteiger partial charge < -0.3 is 19.0 Å². The van der Waals surface area contributed by atoms with Crippen LogP contribution in [0.5, 0.6) is 5.75 Å².